The Labute approximate surface area is 186 Å². The highest BCUT2D eigenvalue weighted by molar-refractivity contribution is 7.30. The van der Waals surface area contributed by atoms with Crippen molar-refractivity contribution in [2.45, 2.75) is 12.8 Å². The van der Waals surface area contributed by atoms with Crippen LogP contribution in [-0.4, -0.2) is 49.3 Å². The fraction of sp³-hybridized carbons (Fsp3) is 0.167. The SMILES string of the molecule is N.O.O.O.O.O.O=C1C=CC=CC1.O=[P+]([O-])OO.O=[P+]([O-])O[O-].ON=C1C=CC=CC1.[HH].[HH].[OH3+]. The molecular formula is C12H34N2O16P2. The van der Waals surface area contributed by atoms with E-state index >= 15 is 0 Å². The van der Waals surface area contributed by atoms with Crippen molar-refractivity contribution in [2.24, 2.45) is 5.16 Å². The minimum atomic E-state index is -3.15. The molecule has 0 aliphatic heterocycles. The molecule has 0 radical (unpaired) electrons. The number of ketones is 1. The van der Waals surface area contributed by atoms with Crippen molar-refractivity contribution in [3.8, 4) is 0 Å². The molecule has 0 bridgehead atoms. The molecule has 0 amide bonds. The first-order chi connectivity index (χ1) is 11.9. The van der Waals surface area contributed by atoms with E-state index in [4.69, 9.17) is 34.6 Å². The Morgan fingerprint density at radius 3 is 1.41 bits per heavy atom. The molecule has 2 unspecified atom stereocenters. The van der Waals surface area contributed by atoms with Gasteiger partial charge in [-0.2, -0.15) is 0 Å². The molecule has 0 aromatic carbocycles. The summed E-state index contributed by atoms with van der Waals surface area (Å²) in [5.74, 6) is 0.197. The van der Waals surface area contributed by atoms with E-state index in [-0.39, 0.29) is 47.6 Å². The zero-order chi connectivity index (χ0) is 19.5. The summed E-state index contributed by atoms with van der Waals surface area (Å²) in [6, 6.07) is 0. The highest BCUT2D eigenvalue weighted by atomic mass is 31.1. The Morgan fingerprint density at radius 2 is 1.28 bits per heavy atom. The summed E-state index contributed by atoms with van der Waals surface area (Å²) in [5, 5.41) is 26.8. The van der Waals surface area contributed by atoms with Gasteiger partial charge in [0.1, 0.15) is 0 Å². The van der Waals surface area contributed by atoms with Crippen LogP contribution in [0.4, 0.5) is 0 Å². The highest BCUT2D eigenvalue weighted by Gasteiger charge is 1.93. The van der Waals surface area contributed by atoms with Gasteiger partial charge < -0.3 is 59.3 Å². The monoisotopic (exact) mass is 524 g/mol. The Morgan fingerprint density at radius 1 is 0.906 bits per heavy atom. The number of nitrogens with zero attached hydrogens (tertiary/aromatic N) is 1. The largest absolute Gasteiger partial charge is 0.674 e. The average Bonchev–Trinajstić information content (AvgIpc) is 2.64. The molecule has 2 atom stereocenters. The zero-order valence-electron chi connectivity index (χ0n) is 16.3. The van der Waals surface area contributed by atoms with Crippen molar-refractivity contribution >= 4 is 28.0 Å². The first-order valence-electron chi connectivity index (χ1n) is 6.17. The molecule has 2 rings (SSSR count). The lowest BCUT2D eigenvalue weighted by molar-refractivity contribution is -0.644. The topological polar surface area (TPSA) is 417 Å². The fourth-order valence-corrected chi connectivity index (χ4v) is 1.07. The van der Waals surface area contributed by atoms with Crippen LogP contribution in [0.1, 0.15) is 15.7 Å². The molecule has 0 fully saturated rings. The molecule has 0 saturated carbocycles. The number of hydrogen-bond acceptors (Lipinski definition) is 12. The summed E-state index contributed by atoms with van der Waals surface area (Å²) in [4.78, 5) is 28.1. The minimum absolute atomic E-state index is 0. The summed E-state index contributed by atoms with van der Waals surface area (Å²) >= 11 is 0. The molecule has 0 aromatic rings. The lowest BCUT2D eigenvalue weighted by atomic mass is 10.2. The summed E-state index contributed by atoms with van der Waals surface area (Å²) in [5.41, 5.74) is 0.715. The van der Waals surface area contributed by atoms with E-state index in [1.807, 2.05) is 30.4 Å². The van der Waals surface area contributed by atoms with Crippen LogP contribution < -0.4 is 21.2 Å². The molecule has 20 heteroatoms. The third kappa shape index (κ3) is 50.9. The fourth-order valence-electron chi connectivity index (χ4n) is 1.07. The second-order valence-electron chi connectivity index (χ2n) is 3.64. The van der Waals surface area contributed by atoms with E-state index in [1.54, 1.807) is 18.2 Å². The first kappa shape index (κ1) is 57.1. The normalized spacial score (nSPS) is 13.0. The van der Waals surface area contributed by atoms with Crippen LogP contribution in [0.3, 0.4) is 0 Å². The van der Waals surface area contributed by atoms with Crippen LogP contribution in [0.15, 0.2) is 53.8 Å². The van der Waals surface area contributed by atoms with Gasteiger partial charge in [0.05, 0.1) is 5.71 Å². The third-order valence-corrected chi connectivity index (χ3v) is 2.22. The minimum Gasteiger partial charge on any atom is -0.674 e. The average molecular weight is 524 g/mol. The second-order valence-corrected chi connectivity index (χ2v) is 4.85. The maximum absolute atomic E-state index is 10.3. The number of carbonyl (C=O) groups excluding carboxylic acids is 1. The molecule has 2 aliphatic carbocycles. The smallest absolute Gasteiger partial charge is 0.521 e. The molecule has 198 valence electrons. The van der Waals surface area contributed by atoms with Crippen LogP contribution in [0.25, 0.3) is 0 Å². The van der Waals surface area contributed by atoms with Crippen LogP contribution >= 0.6 is 16.5 Å². The number of rotatable bonds is 2. The third-order valence-electron chi connectivity index (χ3n) is 1.97. The van der Waals surface area contributed by atoms with Gasteiger partial charge in [-0.05, 0) is 21.3 Å². The summed E-state index contributed by atoms with van der Waals surface area (Å²) < 4.78 is 23.0. The molecule has 18 N–H and O–H groups in total. The summed E-state index contributed by atoms with van der Waals surface area (Å²) in [6.45, 7) is 0. The molecular weight excluding hydrogens is 490 g/mol. The quantitative estimate of drug-likeness (QED) is 0.102. The van der Waals surface area contributed by atoms with Crippen LogP contribution in [0.5, 0.6) is 0 Å². The molecule has 32 heavy (non-hydrogen) atoms. The Kier molecular flexibility index (Phi) is 76.4. The second kappa shape index (κ2) is 42.8. The molecule has 0 saturated heterocycles. The van der Waals surface area contributed by atoms with Crippen LogP contribution in [0.2, 0.25) is 0 Å². The number of oxime groups is 1. The van der Waals surface area contributed by atoms with E-state index in [1.165, 1.54) is 0 Å². The van der Waals surface area contributed by atoms with Gasteiger partial charge in [-0.15, -0.1) is 0 Å². The van der Waals surface area contributed by atoms with Gasteiger partial charge in [-0.3, -0.25) is 4.79 Å². The van der Waals surface area contributed by atoms with Crippen LogP contribution in [-0.2, 0) is 28.7 Å². The highest BCUT2D eigenvalue weighted by Crippen LogP contribution is 2.02. The van der Waals surface area contributed by atoms with Gasteiger partial charge in [-0.25, -0.2) is 9.93 Å². The summed E-state index contributed by atoms with van der Waals surface area (Å²) in [6.07, 6.45) is 15.9. The molecule has 0 spiro atoms. The lowest BCUT2D eigenvalue weighted by Crippen LogP contribution is -2.01. The van der Waals surface area contributed by atoms with Gasteiger partial charge >= 0.3 is 16.5 Å². The molecule has 18 nitrogen and oxygen atoms in total. The maximum atomic E-state index is 10.3. The van der Waals surface area contributed by atoms with E-state index in [9.17, 15) is 4.79 Å². The van der Waals surface area contributed by atoms with Gasteiger partial charge in [0.15, 0.2) is 5.78 Å². The van der Waals surface area contributed by atoms with Gasteiger partial charge in [0.2, 0.25) is 0 Å². The van der Waals surface area contributed by atoms with Gasteiger partial charge in [0.25, 0.3) is 0 Å². The standard InChI is InChI=1S/C6H7NO.C6H6O.H3N.2HO4P.6H2O.2H2/c8-7-6-4-2-1-3-5-6;7-6-4-2-1-3-5-6;;2*1-4-5(2)3;;;;;;;;/h1-4,8H,5H2;1-4H,5H2;1H3;2*1H;6*1H2;2*1H. The first-order valence-corrected chi connectivity index (χ1v) is 8.36. The van der Waals surface area contributed by atoms with E-state index < -0.39 is 16.5 Å². The van der Waals surface area contributed by atoms with Crippen molar-refractivity contribution in [3.63, 3.8) is 0 Å². The Hall–Kier alpha value is -2.22. The van der Waals surface area contributed by atoms with Gasteiger partial charge in [-0.1, -0.05) is 41.6 Å². The Bertz CT molecular complexity index is 576. The van der Waals surface area contributed by atoms with Crippen molar-refractivity contribution in [2.75, 3.05) is 0 Å². The van der Waals surface area contributed by atoms with Crippen molar-refractivity contribution < 1.29 is 84.5 Å². The number of hydrogen-bond donors (Lipinski definition) is 3. The van der Waals surface area contributed by atoms with E-state index in [0.717, 1.165) is 6.42 Å². The molecule has 2 aliphatic rings. The van der Waals surface area contributed by atoms with E-state index in [0.29, 0.717) is 12.1 Å². The molecule has 0 heterocycles. The summed E-state index contributed by atoms with van der Waals surface area (Å²) in [7, 11) is -6.20. The van der Waals surface area contributed by atoms with Crippen LogP contribution in [0, 0.1) is 0 Å². The number of carbonyl (C=O) groups is 1. The van der Waals surface area contributed by atoms with E-state index in [2.05, 4.69) is 14.5 Å². The number of allylic oxidation sites excluding steroid dienone is 8. The lowest BCUT2D eigenvalue weighted by Gasteiger charge is -1.94. The van der Waals surface area contributed by atoms with Crippen molar-refractivity contribution in [3.05, 3.63) is 48.6 Å². The predicted molar refractivity (Wildman–Crippen MR) is 112 cm³/mol. The predicted octanol–water partition coefficient (Wildman–Crippen LogP) is -4.20. The van der Waals surface area contributed by atoms with Crippen molar-refractivity contribution in [1.82, 2.24) is 6.15 Å². The van der Waals surface area contributed by atoms with Gasteiger partial charge in [0, 0.05) is 20.4 Å². The maximum Gasteiger partial charge on any atom is 0.521 e. The van der Waals surface area contributed by atoms with Crippen molar-refractivity contribution in [1.29, 1.82) is 0 Å². The Balaban J connectivity index is -0.0000000215. The molecule has 0 aromatic heterocycles. The zero-order valence-corrected chi connectivity index (χ0v) is 18.1.